The van der Waals surface area contributed by atoms with Crippen LogP contribution < -0.4 is 0 Å². The Morgan fingerprint density at radius 1 is 0.767 bits per heavy atom. The molecule has 0 unspecified atom stereocenters. The Hall–Kier alpha value is -2.04. The highest BCUT2D eigenvalue weighted by molar-refractivity contribution is 5.37. The molecule has 0 radical (unpaired) electrons. The van der Waals surface area contributed by atoms with Crippen molar-refractivity contribution in [2.45, 2.75) is 50.0 Å². The number of phenols is 1. The minimum absolute atomic E-state index is 0.236. The molecule has 8 heteroatoms. The van der Waals surface area contributed by atoms with Gasteiger partial charge in [0.2, 0.25) is 0 Å². The first-order chi connectivity index (χ1) is 14.4. The standard InChI is InChI=1S/C16H18O2.C6H12O6/c17-11-3-4-13-7-9-14(10-8-13)12-15-5-1-2-6-16(15)18;7-1-2-3(8)4(9)5(10)6(11)12-2/h1-2,5-10,17-18H,3-4,11-12H2;2-11H,1H2/t;2-,3-,4+,5-,6-/m.1/s1. The number of aliphatic hydroxyl groups excluding tert-OH is 6. The van der Waals surface area contributed by atoms with E-state index in [1.807, 2.05) is 18.2 Å². The SMILES string of the molecule is OCCCc1ccc(Cc2ccccc2O)cc1.OC[C@H]1O[C@@H](O)[C@H](O)[C@@H](O)[C@@H]1O. The van der Waals surface area contributed by atoms with Crippen molar-refractivity contribution in [1.29, 1.82) is 0 Å². The van der Waals surface area contributed by atoms with Crippen molar-refractivity contribution in [3.05, 3.63) is 65.2 Å². The van der Waals surface area contributed by atoms with Crippen LogP contribution in [0.15, 0.2) is 48.5 Å². The lowest BCUT2D eigenvalue weighted by Crippen LogP contribution is -2.58. The number of aliphatic hydroxyl groups is 6. The lowest BCUT2D eigenvalue weighted by atomic mass is 10.00. The summed E-state index contributed by atoms with van der Waals surface area (Å²) in [5.74, 6) is 0.349. The summed E-state index contributed by atoms with van der Waals surface area (Å²) < 4.78 is 4.58. The zero-order valence-electron chi connectivity index (χ0n) is 16.6. The Labute approximate surface area is 175 Å². The second-order valence-corrected chi connectivity index (χ2v) is 7.17. The highest BCUT2D eigenvalue weighted by Gasteiger charge is 2.42. The van der Waals surface area contributed by atoms with E-state index in [0.29, 0.717) is 5.75 Å². The maximum atomic E-state index is 9.71. The molecule has 2 aromatic carbocycles. The molecule has 0 amide bonds. The van der Waals surface area contributed by atoms with Crippen molar-refractivity contribution in [3.63, 3.8) is 0 Å². The van der Waals surface area contributed by atoms with Crippen molar-refractivity contribution >= 4 is 0 Å². The van der Waals surface area contributed by atoms with Crippen molar-refractivity contribution in [1.82, 2.24) is 0 Å². The second kappa shape index (κ2) is 12.0. The Balaban J connectivity index is 0.000000232. The molecule has 1 heterocycles. The molecule has 0 bridgehead atoms. The van der Waals surface area contributed by atoms with Crippen LogP contribution in [-0.4, -0.2) is 79.7 Å². The highest BCUT2D eigenvalue weighted by Crippen LogP contribution is 2.20. The third-order valence-corrected chi connectivity index (χ3v) is 4.90. The van der Waals surface area contributed by atoms with Gasteiger partial charge in [0.15, 0.2) is 6.29 Å². The fourth-order valence-electron chi connectivity index (χ4n) is 3.07. The Morgan fingerprint density at radius 2 is 1.40 bits per heavy atom. The molecular weight excluding hydrogens is 392 g/mol. The van der Waals surface area contributed by atoms with E-state index < -0.39 is 37.3 Å². The molecule has 0 spiro atoms. The zero-order valence-corrected chi connectivity index (χ0v) is 16.6. The van der Waals surface area contributed by atoms with Gasteiger partial charge < -0.3 is 40.5 Å². The monoisotopic (exact) mass is 422 g/mol. The second-order valence-electron chi connectivity index (χ2n) is 7.17. The number of aryl methyl sites for hydroxylation is 1. The minimum Gasteiger partial charge on any atom is -0.508 e. The largest absolute Gasteiger partial charge is 0.508 e. The van der Waals surface area contributed by atoms with Gasteiger partial charge in [0.25, 0.3) is 0 Å². The van der Waals surface area contributed by atoms with Crippen LogP contribution in [0.5, 0.6) is 5.75 Å². The summed E-state index contributed by atoms with van der Waals surface area (Å²) in [4.78, 5) is 0. The predicted molar refractivity (Wildman–Crippen MR) is 109 cm³/mol. The number of phenolic OH excluding ortho intramolecular Hbond substituents is 1. The molecular formula is C22H30O8. The van der Waals surface area contributed by atoms with Crippen LogP contribution >= 0.6 is 0 Å². The number of rotatable bonds is 6. The van der Waals surface area contributed by atoms with Crippen molar-refractivity contribution in [2.24, 2.45) is 0 Å². The summed E-state index contributed by atoms with van der Waals surface area (Å²) in [7, 11) is 0. The van der Waals surface area contributed by atoms with Crippen LogP contribution in [0.4, 0.5) is 0 Å². The van der Waals surface area contributed by atoms with E-state index in [1.54, 1.807) is 6.07 Å². The van der Waals surface area contributed by atoms with E-state index >= 15 is 0 Å². The van der Waals surface area contributed by atoms with Gasteiger partial charge in [-0.05, 0) is 35.6 Å². The zero-order chi connectivity index (χ0) is 22.1. The number of benzene rings is 2. The molecule has 8 nitrogen and oxygen atoms in total. The van der Waals surface area contributed by atoms with E-state index in [4.69, 9.17) is 30.6 Å². The van der Waals surface area contributed by atoms with E-state index in [9.17, 15) is 5.11 Å². The first-order valence-corrected chi connectivity index (χ1v) is 9.81. The number of ether oxygens (including phenoxy) is 1. The number of para-hydroxylation sites is 1. The van der Waals surface area contributed by atoms with E-state index in [2.05, 4.69) is 29.0 Å². The molecule has 1 aliphatic heterocycles. The minimum atomic E-state index is -1.57. The van der Waals surface area contributed by atoms with Crippen LogP contribution in [0.3, 0.4) is 0 Å². The Kier molecular flexibility index (Phi) is 9.67. The third kappa shape index (κ3) is 6.75. The molecule has 1 saturated heterocycles. The number of aromatic hydroxyl groups is 1. The third-order valence-electron chi connectivity index (χ3n) is 4.90. The quantitative estimate of drug-likeness (QED) is 0.335. The lowest BCUT2D eigenvalue weighted by Gasteiger charge is -2.37. The smallest absolute Gasteiger partial charge is 0.184 e. The van der Waals surface area contributed by atoms with Crippen molar-refractivity contribution in [2.75, 3.05) is 13.2 Å². The topological polar surface area (TPSA) is 151 Å². The average molecular weight is 422 g/mol. The lowest BCUT2D eigenvalue weighted by molar-refractivity contribution is -0.286. The molecule has 30 heavy (non-hydrogen) atoms. The summed E-state index contributed by atoms with van der Waals surface area (Å²) in [5, 5.41) is 63.2. The molecule has 166 valence electrons. The van der Waals surface area contributed by atoms with Crippen LogP contribution in [0.1, 0.15) is 23.1 Å². The van der Waals surface area contributed by atoms with Crippen LogP contribution in [-0.2, 0) is 17.6 Å². The molecule has 0 aliphatic carbocycles. The molecule has 0 aromatic heterocycles. The Bertz CT molecular complexity index is 746. The fourth-order valence-corrected chi connectivity index (χ4v) is 3.07. The highest BCUT2D eigenvalue weighted by atomic mass is 16.6. The van der Waals surface area contributed by atoms with Gasteiger partial charge >= 0.3 is 0 Å². The molecule has 1 aliphatic rings. The molecule has 2 aromatic rings. The van der Waals surface area contributed by atoms with Crippen molar-refractivity contribution in [3.8, 4) is 5.75 Å². The van der Waals surface area contributed by atoms with Gasteiger partial charge in [-0.1, -0.05) is 42.5 Å². The summed E-state index contributed by atoms with van der Waals surface area (Å²) >= 11 is 0. The molecule has 5 atom stereocenters. The number of hydrogen-bond donors (Lipinski definition) is 7. The molecule has 3 rings (SSSR count). The molecule has 7 N–H and O–H groups in total. The Morgan fingerprint density at radius 3 is 2.00 bits per heavy atom. The predicted octanol–water partition coefficient (Wildman–Crippen LogP) is -0.314. The molecule has 1 fully saturated rings. The summed E-state index contributed by atoms with van der Waals surface area (Å²) in [6.07, 6.45) is -4.58. The first-order valence-electron chi connectivity index (χ1n) is 9.81. The van der Waals surface area contributed by atoms with Crippen LogP contribution in [0.2, 0.25) is 0 Å². The van der Waals surface area contributed by atoms with Gasteiger partial charge in [0.05, 0.1) is 6.61 Å². The van der Waals surface area contributed by atoms with Crippen molar-refractivity contribution < 1.29 is 40.5 Å². The number of hydrogen-bond acceptors (Lipinski definition) is 8. The summed E-state index contributed by atoms with van der Waals surface area (Å²) in [6.45, 7) is -0.290. The van der Waals surface area contributed by atoms with E-state index in [0.717, 1.165) is 24.8 Å². The maximum absolute atomic E-state index is 9.71. The maximum Gasteiger partial charge on any atom is 0.184 e. The normalized spacial score (nSPS) is 26.0. The van der Waals surface area contributed by atoms with Gasteiger partial charge in [-0.2, -0.15) is 0 Å². The van der Waals surface area contributed by atoms with Gasteiger partial charge in [0, 0.05) is 13.0 Å². The van der Waals surface area contributed by atoms with Gasteiger partial charge in [0.1, 0.15) is 30.2 Å². The van der Waals surface area contributed by atoms with Gasteiger partial charge in [-0.3, -0.25) is 0 Å². The van der Waals surface area contributed by atoms with Gasteiger partial charge in [-0.25, -0.2) is 0 Å². The summed E-state index contributed by atoms with van der Waals surface area (Å²) in [5.41, 5.74) is 3.37. The summed E-state index contributed by atoms with van der Waals surface area (Å²) in [6, 6.07) is 15.8. The average Bonchev–Trinajstić information content (AvgIpc) is 2.76. The van der Waals surface area contributed by atoms with E-state index in [-0.39, 0.29) is 6.61 Å². The first kappa shape index (κ1) is 24.2. The van der Waals surface area contributed by atoms with Crippen LogP contribution in [0.25, 0.3) is 0 Å². The fraction of sp³-hybridized carbons (Fsp3) is 0.455. The van der Waals surface area contributed by atoms with Crippen LogP contribution in [0, 0.1) is 0 Å². The molecule has 0 saturated carbocycles. The van der Waals surface area contributed by atoms with Gasteiger partial charge in [-0.15, -0.1) is 0 Å². The van der Waals surface area contributed by atoms with E-state index in [1.165, 1.54) is 11.1 Å².